The molecule has 2 amide bonds. The first-order chi connectivity index (χ1) is 8.69. The van der Waals surface area contributed by atoms with Crippen molar-refractivity contribution in [3.05, 3.63) is 29.8 Å². The lowest BCUT2D eigenvalue weighted by molar-refractivity contribution is 0.112. The number of anilines is 1. The van der Waals surface area contributed by atoms with Crippen molar-refractivity contribution in [2.75, 3.05) is 11.4 Å². The standard InChI is InChI=1S/C14H20N2O2/c1-2-3-4-5-10-16(14(15)18)13-8-6-12(11-17)7-9-13/h6-9,11H,2-5,10H2,1H3,(H2,15,18). The van der Waals surface area contributed by atoms with E-state index >= 15 is 0 Å². The molecule has 0 spiro atoms. The molecule has 0 heterocycles. The number of benzene rings is 1. The highest BCUT2D eigenvalue weighted by Crippen LogP contribution is 2.15. The molecule has 0 aliphatic heterocycles. The van der Waals surface area contributed by atoms with E-state index in [1.807, 2.05) is 0 Å². The van der Waals surface area contributed by atoms with Gasteiger partial charge in [-0.25, -0.2) is 4.79 Å². The Morgan fingerprint density at radius 3 is 2.39 bits per heavy atom. The van der Waals surface area contributed by atoms with E-state index in [0.717, 1.165) is 37.7 Å². The fourth-order valence-electron chi connectivity index (χ4n) is 1.80. The zero-order valence-corrected chi connectivity index (χ0v) is 10.8. The van der Waals surface area contributed by atoms with Gasteiger partial charge >= 0.3 is 6.03 Å². The molecule has 0 aliphatic rings. The predicted molar refractivity (Wildman–Crippen MR) is 72.9 cm³/mol. The summed E-state index contributed by atoms with van der Waals surface area (Å²) >= 11 is 0. The van der Waals surface area contributed by atoms with Crippen LogP contribution >= 0.6 is 0 Å². The highest BCUT2D eigenvalue weighted by atomic mass is 16.2. The molecule has 0 aromatic heterocycles. The minimum Gasteiger partial charge on any atom is -0.351 e. The Hall–Kier alpha value is -1.84. The van der Waals surface area contributed by atoms with Crippen molar-refractivity contribution in [3.63, 3.8) is 0 Å². The Morgan fingerprint density at radius 1 is 1.22 bits per heavy atom. The van der Waals surface area contributed by atoms with Crippen molar-refractivity contribution in [1.29, 1.82) is 0 Å². The number of carbonyl (C=O) groups excluding carboxylic acids is 2. The third-order valence-corrected chi connectivity index (χ3v) is 2.84. The Kier molecular flexibility index (Phi) is 5.91. The van der Waals surface area contributed by atoms with Gasteiger partial charge in [0.2, 0.25) is 0 Å². The number of nitrogens with zero attached hydrogens (tertiary/aromatic N) is 1. The van der Waals surface area contributed by atoms with Crippen LogP contribution in [0, 0.1) is 0 Å². The molecule has 0 aliphatic carbocycles. The fraction of sp³-hybridized carbons (Fsp3) is 0.429. The lowest BCUT2D eigenvalue weighted by Gasteiger charge is -2.20. The van der Waals surface area contributed by atoms with Crippen LogP contribution in [0.5, 0.6) is 0 Å². The molecule has 0 saturated carbocycles. The molecule has 18 heavy (non-hydrogen) atoms. The van der Waals surface area contributed by atoms with Crippen LogP contribution in [0.1, 0.15) is 43.0 Å². The number of hydrogen-bond donors (Lipinski definition) is 1. The zero-order chi connectivity index (χ0) is 13.4. The van der Waals surface area contributed by atoms with Gasteiger partial charge in [0.1, 0.15) is 6.29 Å². The van der Waals surface area contributed by atoms with Crippen LogP contribution < -0.4 is 10.6 Å². The largest absolute Gasteiger partial charge is 0.351 e. The van der Waals surface area contributed by atoms with Gasteiger partial charge in [0.25, 0.3) is 0 Å². The second-order valence-corrected chi connectivity index (χ2v) is 4.26. The fourth-order valence-corrected chi connectivity index (χ4v) is 1.80. The summed E-state index contributed by atoms with van der Waals surface area (Å²) in [6.45, 7) is 2.76. The zero-order valence-electron chi connectivity index (χ0n) is 10.8. The Bertz CT molecular complexity index is 387. The van der Waals surface area contributed by atoms with Gasteiger partial charge in [-0.15, -0.1) is 0 Å². The first kappa shape index (κ1) is 14.2. The van der Waals surface area contributed by atoms with Gasteiger partial charge in [0.05, 0.1) is 0 Å². The van der Waals surface area contributed by atoms with Crippen molar-refractivity contribution in [3.8, 4) is 0 Å². The number of hydrogen-bond acceptors (Lipinski definition) is 2. The number of nitrogens with two attached hydrogens (primary N) is 1. The average Bonchev–Trinajstić information content (AvgIpc) is 2.39. The summed E-state index contributed by atoms with van der Waals surface area (Å²) < 4.78 is 0. The van der Waals surface area contributed by atoms with Crippen LogP contribution in [-0.4, -0.2) is 18.9 Å². The van der Waals surface area contributed by atoms with Crippen molar-refractivity contribution < 1.29 is 9.59 Å². The number of aldehydes is 1. The van der Waals surface area contributed by atoms with Crippen LogP contribution in [0.4, 0.5) is 10.5 Å². The molecule has 1 aromatic carbocycles. The molecular weight excluding hydrogens is 228 g/mol. The Morgan fingerprint density at radius 2 is 1.89 bits per heavy atom. The molecule has 4 nitrogen and oxygen atoms in total. The van der Waals surface area contributed by atoms with Gasteiger partial charge in [-0.1, -0.05) is 26.2 Å². The normalized spacial score (nSPS) is 10.1. The molecular formula is C14H20N2O2. The van der Waals surface area contributed by atoms with E-state index in [1.54, 1.807) is 29.2 Å². The predicted octanol–water partition coefficient (Wildman–Crippen LogP) is 2.96. The summed E-state index contributed by atoms with van der Waals surface area (Å²) in [6, 6.07) is 6.41. The van der Waals surface area contributed by atoms with Gasteiger partial charge in [-0.05, 0) is 30.7 Å². The summed E-state index contributed by atoms with van der Waals surface area (Å²) in [4.78, 5) is 23.5. The summed E-state index contributed by atoms with van der Waals surface area (Å²) in [6.07, 6.45) is 5.12. The number of rotatable bonds is 7. The monoisotopic (exact) mass is 248 g/mol. The van der Waals surface area contributed by atoms with Crippen LogP contribution in [0.25, 0.3) is 0 Å². The second kappa shape index (κ2) is 7.48. The number of amides is 2. The Balaban J connectivity index is 2.65. The summed E-state index contributed by atoms with van der Waals surface area (Å²) in [5.41, 5.74) is 6.70. The van der Waals surface area contributed by atoms with E-state index in [0.29, 0.717) is 12.1 Å². The smallest absolute Gasteiger partial charge is 0.319 e. The van der Waals surface area contributed by atoms with Crippen LogP contribution in [0.3, 0.4) is 0 Å². The first-order valence-electron chi connectivity index (χ1n) is 6.31. The first-order valence-corrected chi connectivity index (χ1v) is 6.31. The van der Waals surface area contributed by atoms with E-state index in [9.17, 15) is 9.59 Å². The number of unbranched alkanes of at least 4 members (excludes halogenated alkanes) is 3. The quantitative estimate of drug-likeness (QED) is 0.595. The molecule has 0 saturated heterocycles. The van der Waals surface area contributed by atoms with Crippen molar-refractivity contribution >= 4 is 18.0 Å². The number of carbonyl (C=O) groups is 2. The van der Waals surface area contributed by atoms with E-state index in [-0.39, 0.29) is 0 Å². The van der Waals surface area contributed by atoms with Crippen LogP contribution in [0.15, 0.2) is 24.3 Å². The molecule has 2 N–H and O–H groups in total. The molecule has 1 rings (SSSR count). The molecule has 4 heteroatoms. The lowest BCUT2D eigenvalue weighted by Crippen LogP contribution is -2.36. The average molecular weight is 248 g/mol. The summed E-state index contributed by atoms with van der Waals surface area (Å²) in [5, 5.41) is 0. The molecule has 0 atom stereocenters. The van der Waals surface area contributed by atoms with Gasteiger partial charge in [0.15, 0.2) is 0 Å². The highest BCUT2D eigenvalue weighted by molar-refractivity contribution is 5.91. The third-order valence-electron chi connectivity index (χ3n) is 2.84. The van der Waals surface area contributed by atoms with Gasteiger partial charge in [-0.3, -0.25) is 9.69 Å². The van der Waals surface area contributed by atoms with Crippen LogP contribution in [-0.2, 0) is 0 Å². The lowest BCUT2D eigenvalue weighted by atomic mass is 10.2. The summed E-state index contributed by atoms with van der Waals surface area (Å²) in [5.74, 6) is 0. The number of urea groups is 1. The van der Waals surface area contributed by atoms with Crippen molar-refractivity contribution in [2.24, 2.45) is 5.73 Å². The van der Waals surface area contributed by atoms with E-state index in [4.69, 9.17) is 5.73 Å². The topological polar surface area (TPSA) is 63.4 Å². The van der Waals surface area contributed by atoms with Gasteiger partial charge in [-0.2, -0.15) is 0 Å². The molecule has 98 valence electrons. The molecule has 0 bridgehead atoms. The van der Waals surface area contributed by atoms with Crippen molar-refractivity contribution in [2.45, 2.75) is 32.6 Å². The third kappa shape index (κ3) is 4.20. The maximum Gasteiger partial charge on any atom is 0.319 e. The van der Waals surface area contributed by atoms with Crippen molar-refractivity contribution in [1.82, 2.24) is 0 Å². The molecule has 0 fully saturated rings. The Labute approximate surface area is 108 Å². The molecule has 1 aromatic rings. The van der Waals surface area contributed by atoms with Gasteiger partial charge < -0.3 is 5.73 Å². The number of primary amides is 1. The maximum atomic E-state index is 11.4. The minimum absolute atomic E-state index is 0.453. The summed E-state index contributed by atoms with van der Waals surface area (Å²) in [7, 11) is 0. The molecule has 0 radical (unpaired) electrons. The molecule has 0 unspecified atom stereocenters. The van der Waals surface area contributed by atoms with E-state index < -0.39 is 6.03 Å². The minimum atomic E-state index is -0.453. The van der Waals surface area contributed by atoms with E-state index in [1.165, 1.54) is 0 Å². The van der Waals surface area contributed by atoms with Gasteiger partial charge in [0, 0.05) is 17.8 Å². The maximum absolute atomic E-state index is 11.4. The van der Waals surface area contributed by atoms with Crippen LogP contribution in [0.2, 0.25) is 0 Å². The van der Waals surface area contributed by atoms with E-state index in [2.05, 4.69) is 6.92 Å². The second-order valence-electron chi connectivity index (χ2n) is 4.26. The SMILES string of the molecule is CCCCCCN(C(N)=O)c1ccc(C=O)cc1. The highest BCUT2D eigenvalue weighted by Gasteiger charge is 2.11.